The van der Waals surface area contributed by atoms with Gasteiger partial charge in [0.2, 0.25) is 5.71 Å². The largest absolute Gasteiger partial charge is 0.446 e. The Hall–Kier alpha value is -1.07. The van der Waals surface area contributed by atoms with Crippen LogP contribution in [0.3, 0.4) is 0 Å². The predicted octanol–water partition coefficient (Wildman–Crippen LogP) is 1.76. The number of nitrogens with zero attached hydrogens (tertiary/aromatic N) is 1. The van der Waals surface area contributed by atoms with E-state index in [1.54, 1.807) is 6.07 Å². The van der Waals surface area contributed by atoms with E-state index in [4.69, 9.17) is 15.1 Å². The highest BCUT2D eigenvalue weighted by atomic mass is 35.7. The minimum Gasteiger partial charge on any atom is -0.446 e. The lowest BCUT2D eigenvalue weighted by Gasteiger charge is -1.93. The number of rotatable bonds is 1. The van der Waals surface area contributed by atoms with E-state index in [9.17, 15) is 8.42 Å². The molecule has 0 spiro atoms. The summed E-state index contributed by atoms with van der Waals surface area (Å²) in [4.78, 5) is 3.75. The molecule has 0 radical (unpaired) electrons. The average Bonchev–Trinajstić information content (AvgIpc) is 2.47. The van der Waals surface area contributed by atoms with E-state index in [1.807, 2.05) is 0 Å². The van der Waals surface area contributed by atoms with Crippen LogP contribution in [-0.2, 0) is 9.05 Å². The van der Waals surface area contributed by atoms with Gasteiger partial charge in [-0.1, -0.05) is 0 Å². The van der Waals surface area contributed by atoms with Crippen LogP contribution >= 0.6 is 10.7 Å². The van der Waals surface area contributed by atoms with E-state index < -0.39 is 9.05 Å². The first-order chi connectivity index (χ1) is 6.07. The standard InChI is InChI=1S/C7H4ClNO3S/c8-13(10,11)6-3-5-1-2-12-7(5)9-4-6/h1-4H. The third-order valence-electron chi connectivity index (χ3n) is 1.56. The number of pyridine rings is 1. The molecular formula is C7H4ClNO3S. The van der Waals surface area contributed by atoms with Crippen LogP contribution in [0.25, 0.3) is 11.1 Å². The number of fused-ring (bicyclic) bond motifs is 1. The predicted molar refractivity (Wildman–Crippen MR) is 47.0 cm³/mol. The van der Waals surface area contributed by atoms with Crippen molar-refractivity contribution in [2.75, 3.05) is 0 Å². The molecule has 0 amide bonds. The summed E-state index contributed by atoms with van der Waals surface area (Å²) >= 11 is 0. The molecule has 0 aliphatic rings. The number of aromatic nitrogens is 1. The Bertz CT molecular complexity index is 546. The minimum atomic E-state index is -3.70. The van der Waals surface area contributed by atoms with Crippen LogP contribution in [0.1, 0.15) is 0 Å². The van der Waals surface area contributed by atoms with Gasteiger partial charge in [0.1, 0.15) is 4.90 Å². The van der Waals surface area contributed by atoms with E-state index in [-0.39, 0.29) is 4.90 Å². The van der Waals surface area contributed by atoms with Crippen LogP contribution in [-0.4, -0.2) is 13.4 Å². The average molecular weight is 218 g/mol. The summed E-state index contributed by atoms with van der Waals surface area (Å²) in [7, 11) is 1.42. The summed E-state index contributed by atoms with van der Waals surface area (Å²) in [5.41, 5.74) is 0.393. The zero-order valence-corrected chi connectivity index (χ0v) is 7.84. The molecule has 2 aromatic heterocycles. The van der Waals surface area contributed by atoms with Gasteiger partial charge in [0.25, 0.3) is 9.05 Å². The van der Waals surface area contributed by atoms with Crippen molar-refractivity contribution in [2.45, 2.75) is 4.90 Å². The van der Waals surface area contributed by atoms with Crippen LogP contribution < -0.4 is 0 Å². The molecule has 0 saturated heterocycles. The smallest absolute Gasteiger partial charge is 0.262 e. The summed E-state index contributed by atoms with van der Waals surface area (Å²) < 4.78 is 26.7. The maximum atomic E-state index is 10.9. The van der Waals surface area contributed by atoms with Crippen molar-refractivity contribution in [3.63, 3.8) is 0 Å². The molecule has 0 bridgehead atoms. The van der Waals surface area contributed by atoms with Crippen LogP contribution in [0.5, 0.6) is 0 Å². The Morgan fingerprint density at radius 3 is 2.92 bits per heavy atom. The zero-order chi connectivity index (χ0) is 9.47. The Morgan fingerprint density at radius 1 is 1.46 bits per heavy atom. The first-order valence-electron chi connectivity index (χ1n) is 3.35. The van der Waals surface area contributed by atoms with Gasteiger partial charge in [-0.3, -0.25) is 0 Å². The quantitative estimate of drug-likeness (QED) is 0.683. The molecule has 0 atom stereocenters. The van der Waals surface area contributed by atoms with Crippen LogP contribution in [0.4, 0.5) is 0 Å². The number of furan rings is 1. The lowest BCUT2D eigenvalue weighted by molar-refractivity contribution is 0.601. The molecule has 0 fully saturated rings. The van der Waals surface area contributed by atoms with Gasteiger partial charge < -0.3 is 4.42 Å². The minimum absolute atomic E-state index is 0.0249. The summed E-state index contributed by atoms with van der Waals surface area (Å²) in [5, 5.41) is 0.613. The molecule has 0 unspecified atom stereocenters. The number of hydrogen-bond donors (Lipinski definition) is 0. The van der Waals surface area contributed by atoms with Crippen LogP contribution in [0.2, 0.25) is 0 Å². The van der Waals surface area contributed by atoms with E-state index in [0.29, 0.717) is 11.1 Å². The molecule has 0 saturated carbocycles. The van der Waals surface area contributed by atoms with Gasteiger partial charge in [-0.15, -0.1) is 0 Å². The number of hydrogen-bond acceptors (Lipinski definition) is 4. The fourth-order valence-electron chi connectivity index (χ4n) is 0.972. The first kappa shape index (κ1) is 8.52. The van der Waals surface area contributed by atoms with E-state index in [0.717, 1.165) is 6.20 Å². The van der Waals surface area contributed by atoms with Crippen molar-refractivity contribution in [1.82, 2.24) is 4.98 Å². The van der Waals surface area contributed by atoms with Gasteiger partial charge in [0, 0.05) is 16.1 Å². The molecule has 0 N–H and O–H groups in total. The normalized spacial score (nSPS) is 12.1. The summed E-state index contributed by atoms with van der Waals surface area (Å²) in [6, 6.07) is 3.03. The Kier molecular flexibility index (Phi) is 1.78. The maximum absolute atomic E-state index is 10.9. The Balaban J connectivity index is 2.75. The molecule has 4 nitrogen and oxygen atoms in total. The molecule has 2 rings (SSSR count). The van der Waals surface area contributed by atoms with Gasteiger partial charge in [-0.05, 0) is 12.1 Å². The molecular weight excluding hydrogens is 214 g/mol. The third kappa shape index (κ3) is 1.52. The summed E-state index contributed by atoms with van der Waals surface area (Å²) in [6.45, 7) is 0. The fraction of sp³-hybridized carbons (Fsp3) is 0. The van der Waals surface area contributed by atoms with Gasteiger partial charge in [-0.2, -0.15) is 0 Å². The van der Waals surface area contributed by atoms with E-state index in [1.165, 1.54) is 12.3 Å². The first-order valence-corrected chi connectivity index (χ1v) is 5.66. The van der Waals surface area contributed by atoms with Crippen molar-refractivity contribution < 1.29 is 12.8 Å². The molecule has 6 heteroatoms. The van der Waals surface area contributed by atoms with Crippen LogP contribution in [0.15, 0.2) is 33.9 Å². The van der Waals surface area contributed by atoms with Gasteiger partial charge in [-0.25, -0.2) is 13.4 Å². The highest BCUT2D eigenvalue weighted by Gasteiger charge is 2.11. The monoisotopic (exact) mass is 217 g/mol. The van der Waals surface area contributed by atoms with Crippen molar-refractivity contribution in [3.05, 3.63) is 24.6 Å². The van der Waals surface area contributed by atoms with Crippen molar-refractivity contribution in [1.29, 1.82) is 0 Å². The van der Waals surface area contributed by atoms with Crippen LogP contribution in [0, 0.1) is 0 Å². The lowest BCUT2D eigenvalue weighted by atomic mass is 10.3. The molecule has 2 aromatic rings. The van der Waals surface area contributed by atoms with Crippen molar-refractivity contribution >= 4 is 30.8 Å². The maximum Gasteiger partial charge on any atom is 0.262 e. The SMILES string of the molecule is O=S(=O)(Cl)c1cnc2occc2c1. The third-order valence-corrected chi connectivity index (χ3v) is 2.88. The summed E-state index contributed by atoms with van der Waals surface area (Å²) in [6.07, 6.45) is 2.59. The van der Waals surface area contributed by atoms with Crippen molar-refractivity contribution in [3.8, 4) is 0 Å². The summed E-state index contributed by atoms with van der Waals surface area (Å²) in [5.74, 6) is 0. The molecule has 68 valence electrons. The lowest BCUT2D eigenvalue weighted by Crippen LogP contribution is -1.90. The van der Waals surface area contributed by atoms with Gasteiger partial charge in [0.05, 0.1) is 12.5 Å². The molecule has 0 aliphatic carbocycles. The highest BCUT2D eigenvalue weighted by Crippen LogP contribution is 2.19. The molecule has 0 aliphatic heterocycles. The second-order valence-corrected chi connectivity index (χ2v) is 4.99. The Labute approximate surface area is 78.6 Å². The topological polar surface area (TPSA) is 60.2 Å². The Morgan fingerprint density at radius 2 is 2.23 bits per heavy atom. The second kappa shape index (κ2) is 2.71. The second-order valence-electron chi connectivity index (χ2n) is 2.42. The molecule has 0 aromatic carbocycles. The van der Waals surface area contributed by atoms with Gasteiger partial charge >= 0.3 is 0 Å². The highest BCUT2D eigenvalue weighted by molar-refractivity contribution is 8.13. The van der Waals surface area contributed by atoms with E-state index >= 15 is 0 Å². The van der Waals surface area contributed by atoms with Gasteiger partial charge in [0.15, 0.2) is 0 Å². The molecule has 13 heavy (non-hydrogen) atoms. The van der Waals surface area contributed by atoms with E-state index in [2.05, 4.69) is 4.98 Å². The fourth-order valence-corrected chi connectivity index (χ4v) is 1.67. The zero-order valence-electron chi connectivity index (χ0n) is 6.27. The molecule has 2 heterocycles. The van der Waals surface area contributed by atoms with Crippen molar-refractivity contribution in [2.24, 2.45) is 0 Å². The number of halogens is 1.